The highest BCUT2D eigenvalue weighted by Crippen LogP contribution is 2.34. The zero-order valence-corrected chi connectivity index (χ0v) is 13.3. The second kappa shape index (κ2) is 6.78. The molecule has 0 aromatic carbocycles. The zero-order chi connectivity index (χ0) is 16.4. The summed E-state index contributed by atoms with van der Waals surface area (Å²) >= 11 is 0. The third kappa shape index (κ3) is 3.59. The van der Waals surface area contributed by atoms with E-state index in [4.69, 9.17) is 0 Å². The van der Waals surface area contributed by atoms with Gasteiger partial charge in [-0.1, -0.05) is 38.5 Å². The van der Waals surface area contributed by atoms with Crippen molar-refractivity contribution in [1.29, 1.82) is 0 Å². The lowest BCUT2D eigenvalue weighted by molar-refractivity contribution is -0.154. The molecule has 5 nitrogen and oxygen atoms in total. The molecule has 0 unspecified atom stereocenters. The highest BCUT2D eigenvalue weighted by atomic mass is 32.2. The van der Waals surface area contributed by atoms with Crippen LogP contribution in [-0.2, 0) is 14.9 Å². The van der Waals surface area contributed by atoms with Crippen molar-refractivity contribution in [1.82, 2.24) is 4.90 Å². The summed E-state index contributed by atoms with van der Waals surface area (Å²) in [5.74, 6) is -1.82. The van der Waals surface area contributed by atoms with Crippen molar-refractivity contribution in [2.24, 2.45) is 0 Å². The molecule has 2 aliphatic carbocycles. The highest BCUT2D eigenvalue weighted by Gasteiger charge is 2.52. The molecular weight excluding hydrogens is 316 g/mol. The second-order valence-corrected chi connectivity index (χ2v) is 7.69. The maximum Gasteiger partial charge on any atom is 0.411 e. The summed E-state index contributed by atoms with van der Waals surface area (Å²) in [5.41, 5.74) is 0. The molecule has 8 heteroatoms. The van der Waals surface area contributed by atoms with Crippen LogP contribution in [0.5, 0.6) is 0 Å². The first-order valence-electron chi connectivity index (χ1n) is 7.91. The number of carbonyl (C=O) groups excluding carboxylic acids is 1. The summed E-state index contributed by atoms with van der Waals surface area (Å²) in [6.45, 7) is 0. The van der Waals surface area contributed by atoms with Crippen LogP contribution in [0, 0.1) is 0 Å². The van der Waals surface area contributed by atoms with E-state index in [2.05, 4.69) is 0 Å². The van der Waals surface area contributed by atoms with Gasteiger partial charge in [-0.25, -0.2) is 8.42 Å². The van der Waals surface area contributed by atoms with Gasteiger partial charge < -0.3 is 9.45 Å². The first-order chi connectivity index (χ1) is 10.2. The van der Waals surface area contributed by atoms with Crippen LogP contribution >= 0.6 is 0 Å². The van der Waals surface area contributed by atoms with E-state index in [0.717, 1.165) is 43.4 Å². The van der Waals surface area contributed by atoms with E-state index >= 15 is 0 Å². The molecule has 0 aromatic rings. The Labute approximate surface area is 129 Å². The van der Waals surface area contributed by atoms with Crippen molar-refractivity contribution in [3.63, 3.8) is 0 Å². The van der Waals surface area contributed by atoms with Crippen molar-refractivity contribution in [2.45, 2.75) is 81.5 Å². The normalized spacial score (nSPS) is 22.5. The minimum Gasteiger partial charge on any atom is -0.743 e. The molecule has 0 spiro atoms. The van der Waals surface area contributed by atoms with Crippen LogP contribution in [0.25, 0.3) is 0 Å². The molecule has 0 radical (unpaired) electrons. The van der Waals surface area contributed by atoms with Gasteiger partial charge in [-0.3, -0.25) is 4.79 Å². The highest BCUT2D eigenvalue weighted by molar-refractivity contribution is 7.87. The minimum atomic E-state index is -6.00. The first kappa shape index (κ1) is 17.6. The molecule has 0 N–H and O–H groups in total. The van der Waals surface area contributed by atoms with Crippen LogP contribution in [0.2, 0.25) is 0 Å². The molecule has 2 rings (SSSR count). The smallest absolute Gasteiger partial charge is 0.411 e. The molecule has 128 valence electrons. The average molecular weight is 338 g/mol. The molecule has 0 aliphatic heterocycles. The topological polar surface area (TPSA) is 77.5 Å². The number of nitrogens with zero attached hydrogens (tertiary/aromatic N) is 1. The summed E-state index contributed by atoms with van der Waals surface area (Å²) < 4.78 is 60.0. The van der Waals surface area contributed by atoms with Crippen molar-refractivity contribution < 1.29 is 26.5 Å². The van der Waals surface area contributed by atoms with Crippen molar-refractivity contribution in [3.05, 3.63) is 0 Å². The fraction of sp³-hybridized carbons (Fsp3) is 0.929. The molecule has 1 amide bonds. The fourth-order valence-corrected chi connectivity index (χ4v) is 3.92. The minimum absolute atomic E-state index is 0.378. The van der Waals surface area contributed by atoms with E-state index in [1.54, 1.807) is 0 Å². The Kier molecular flexibility index (Phi) is 5.42. The Morgan fingerprint density at radius 1 is 0.909 bits per heavy atom. The molecule has 0 aromatic heterocycles. The molecule has 0 atom stereocenters. The van der Waals surface area contributed by atoms with Crippen LogP contribution in [0.4, 0.5) is 8.78 Å². The lowest BCUT2D eigenvalue weighted by atomic mass is 9.88. The van der Waals surface area contributed by atoms with Crippen molar-refractivity contribution in [3.8, 4) is 0 Å². The van der Waals surface area contributed by atoms with Crippen LogP contribution in [0.3, 0.4) is 0 Å². The Balaban J connectivity index is 2.28. The van der Waals surface area contributed by atoms with Crippen molar-refractivity contribution >= 4 is 16.0 Å². The Morgan fingerprint density at radius 3 is 1.59 bits per heavy atom. The van der Waals surface area contributed by atoms with Gasteiger partial charge >= 0.3 is 11.2 Å². The SMILES string of the molecule is O=C(N(C1CCCCC1)C1CCCCC1)C(F)(F)S(=O)(=O)[O-]. The Morgan fingerprint density at radius 2 is 1.27 bits per heavy atom. The third-order valence-electron chi connectivity index (χ3n) is 4.73. The number of carbonyl (C=O) groups is 1. The summed E-state index contributed by atoms with van der Waals surface area (Å²) in [7, 11) is -6.00. The number of halogens is 2. The van der Waals surface area contributed by atoms with Gasteiger partial charge in [0, 0.05) is 12.1 Å². The van der Waals surface area contributed by atoms with E-state index in [1.807, 2.05) is 0 Å². The Bertz CT molecular complexity index is 479. The largest absolute Gasteiger partial charge is 0.743 e. The maximum atomic E-state index is 13.8. The van der Waals surface area contributed by atoms with Crippen LogP contribution < -0.4 is 0 Å². The van der Waals surface area contributed by atoms with E-state index in [-0.39, 0.29) is 12.1 Å². The van der Waals surface area contributed by atoms with Gasteiger partial charge in [-0.15, -0.1) is 0 Å². The number of amides is 1. The molecular formula is C14H22F2NO4S-. The van der Waals surface area contributed by atoms with E-state index in [9.17, 15) is 26.5 Å². The lowest BCUT2D eigenvalue weighted by Crippen LogP contribution is -2.56. The van der Waals surface area contributed by atoms with Gasteiger partial charge in [0.1, 0.15) is 0 Å². The van der Waals surface area contributed by atoms with Crippen LogP contribution in [0.15, 0.2) is 0 Å². The van der Waals surface area contributed by atoms with Gasteiger partial charge in [0.2, 0.25) is 0 Å². The zero-order valence-electron chi connectivity index (χ0n) is 12.5. The third-order valence-corrected chi connectivity index (χ3v) is 5.54. The van der Waals surface area contributed by atoms with Crippen LogP contribution in [0.1, 0.15) is 64.2 Å². The predicted octanol–water partition coefficient (Wildman–Crippen LogP) is 2.62. The number of hydrogen-bond acceptors (Lipinski definition) is 4. The van der Waals surface area contributed by atoms with Gasteiger partial charge in [0.15, 0.2) is 10.1 Å². The molecule has 2 saturated carbocycles. The number of rotatable bonds is 4. The number of hydrogen-bond donors (Lipinski definition) is 0. The summed E-state index contributed by atoms with van der Waals surface area (Å²) in [6.07, 6.45) is 7.67. The van der Waals surface area contributed by atoms with Gasteiger partial charge in [-0.05, 0) is 25.7 Å². The summed E-state index contributed by atoms with van der Waals surface area (Å²) in [5, 5.41) is -4.87. The average Bonchev–Trinajstić information content (AvgIpc) is 2.48. The van der Waals surface area contributed by atoms with Gasteiger partial charge in [0.25, 0.3) is 0 Å². The van der Waals surface area contributed by atoms with Gasteiger partial charge in [0.05, 0.1) is 0 Å². The standard InChI is InChI=1S/C14H23F2NO4S/c15-14(16,22(19,20)21)13(18)17(11-7-3-1-4-8-11)12-9-5-2-6-10-12/h11-12H,1-10H2,(H,19,20,21)/p-1. The van der Waals surface area contributed by atoms with E-state index in [1.165, 1.54) is 0 Å². The van der Waals surface area contributed by atoms with Crippen LogP contribution in [-0.4, -0.2) is 41.1 Å². The molecule has 2 fully saturated rings. The quantitative estimate of drug-likeness (QED) is 0.738. The Hall–Kier alpha value is -0.760. The first-order valence-corrected chi connectivity index (χ1v) is 9.32. The summed E-state index contributed by atoms with van der Waals surface area (Å²) in [6, 6.07) is -0.756. The van der Waals surface area contributed by atoms with Gasteiger partial charge in [-0.2, -0.15) is 8.78 Å². The monoisotopic (exact) mass is 338 g/mol. The molecule has 0 heterocycles. The van der Waals surface area contributed by atoms with E-state index < -0.39 is 21.3 Å². The summed E-state index contributed by atoms with van der Waals surface area (Å²) in [4.78, 5) is 13.3. The molecule has 2 aliphatic rings. The fourth-order valence-electron chi connectivity index (χ4n) is 3.61. The predicted molar refractivity (Wildman–Crippen MR) is 75.2 cm³/mol. The van der Waals surface area contributed by atoms with Crippen molar-refractivity contribution in [2.75, 3.05) is 0 Å². The molecule has 0 saturated heterocycles. The van der Waals surface area contributed by atoms with E-state index in [0.29, 0.717) is 25.7 Å². The second-order valence-electron chi connectivity index (χ2n) is 6.27. The number of alkyl halides is 2. The lowest BCUT2D eigenvalue weighted by Gasteiger charge is -2.43. The maximum absolute atomic E-state index is 13.8. The molecule has 0 bridgehead atoms. The molecule has 22 heavy (non-hydrogen) atoms.